The first-order valence-corrected chi connectivity index (χ1v) is 10.7. The number of amides is 2. The van der Waals surface area contributed by atoms with Crippen molar-refractivity contribution in [3.05, 3.63) is 70.6 Å². The van der Waals surface area contributed by atoms with Crippen molar-refractivity contribution in [2.45, 2.75) is 51.0 Å². The van der Waals surface area contributed by atoms with Gasteiger partial charge < -0.3 is 9.73 Å². The third kappa shape index (κ3) is 4.70. The van der Waals surface area contributed by atoms with Crippen molar-refractivity contribution in [1.82, 2.24) is 10.3 Å². The van der Waals surface area contributed by atoms with Crippen LogP contribution in [0.2, 0.25) is 0 Å². The van der Waals surface area contributed by atoms with Crippen LogP contribution < -0.4 is 15.8 Å². The van der Waals surface area contributed by atoms with Gasteiger partial charge >= 0.3 is 17.7 Å². The van der Waals surface area contributed by atoms with Crippen LogP contribution in [0.25, 0.3) is 10.9 Å². The maximum absolute atomic E-state index is 13.1. The second-order valence-corrected chi connectivity index (χ2v) is 7.78. The fraction of sp³-hybridized carbons (Fsp3) is 0.375. The van der Waals surface area contributed by atoms with Crippen molar-refractivity contribution >= 4 is 22.9 Å². The molecule has 1 saturated carbocycles. The van der Waals surface area contributed by atoms with Crippen molar-refractivity contribution in [3.8, 4) is 0 Å². The second-order valence-electron chi connectivity index (χ2n) is 7.78. The number of carbonyl (C=O) groups is 1. The van der Waals surface area contributed by atoms with Crippen LogP contribution in [-0.2, 0) is 6.42 Å². The van der Waals surface area contributed by atoms with Crippen molar-refractivity contribution in [2.75, 3.05) is 11.4 Å². The summed E-state index contributed by atoms with van der Waals surface area (Å²) in [6.07, 6.45) is 6.78. The van der Waals surface area contributed by atoms with E-state index in [-0.39, 0.29) is 18.1 Å². The summed E-state index contributed by atoms with van der Waals surface area (Å²) in [7, 11) is 0. The van der Waals surface area contributed by atoms with Gasteiger partial charge in [-0.25, -0.2) is 14.5 Å². The lowest BCUT2D eigenvalue weighted by atomic mass is 9.94. The number of urea groups is 1. The Hall–Kier alpha value is -3.15. The van der Waals surface area contributed by atoms with E-state index in [4.69, 9.17) is 4.42 Å². The second kappa shape index (κ2) is 9.57. The van der Waals surface area contributed by atoms with Gasteiger partial charge in [-0.3, -0.25) is 0 Å². The quantitative estimate of drug-likeness (QED) is 0.605. The first kappa shape index (κ1) is 20.1. The summed E-state index contributed by atoms with van der Waals surface area (Å²) in [5, 5.41) is 3.43. The first-order valence-electron chi connectivity index (χ1n) is 10.7. The smallest absolute Gasteiger partial charge is 0.348 e. The third-order valence-electron chi connectivity index (χ3n) is 5.65. The number of hydrogen-bond acceptors (Lipinski definition) is 4. The molecule has 0 radical (unpaired) electrons. The topological polar surface area (TPSA) is 75.4 Å². The van der Waals surface area contributed by atoms with E-state index in [2.05, 4.69) is 22.4 Å². The molecule has 30 heavy (non-hydrogen) atoms. The highest BCUT2D eigenvalue weighted by Crippen LogP contribution is 2.27. The number of para-hydroxylation sites is 1. The minimum atomic E-state index is -0.465. The lowest BCUT2D eigenvalue weighted by Crippen LogP contribution is -2.48. The van der Waals surface area contributed by atoms with Crippen LogP contribution in [-0.4, -0.2) is 23.6 Å². The average molecular weight is 405 g/mol. The molecule has 1 aliphatic rings. The number of rotatable bonds is 6. The molecule has 1 aliphatic carbocycles. The number of nitrogens with zero attached hydrogens (tertiary/aromatic N) is 2. The zero-order valence-electron chi connectivity index (χ0n) is 17.0. The molecular weight excluding hydrogens is 378 g/mol. The van der Waals surface area contributed by atoms with E-state index in [9.17, 15) is 9.59 Å². The standard InChI is InChI=1S/C24H27N3O3/c28-22-20-15-7-8-16-21(20)26-24(30-22)27(19-13-5-2-6-14-19)23(29)25-17-9-12-18-10-3-1-4-11-18/h1,3-4,7-8,10-11,15-16,19H,2,5-6,9,12-14,17H2,(H,25,29). The van der Waals surface area contributed by atoms with Gasteiger partial charge in [-0.15, -0.1) is 0 Å². The Morgan fingerprint density at radius 1 is 1.03 bits per heavy atom. The van der Waals surface area contributed by atoms with Gasteiger partial charge in [0.05, 0.1) is 10.9 Å². The molecule has 0 atom stereocenters. The maximum Gasteiger partial charge on any atom is 0.348 e. The van der Waals surface area contributed by atoms with Crippen molar-refractivity contribution in [2.24, 2.45) is 0 Å². The number of benzene rings is 2. The molecule has 1 fully saturated rings. The Morgan fingerprint density at radius 2 is 1.77 bits per heavy atom. The fourth-order valence-electron chi connectivity index (χ4n) is 4.08. The third-order valence-corrected chi connectivity index (χ3v) is 5.65. The van der Waals surface area contributed by atoms with Gasteiger partial charge in [0.25, 0.3) is 0 Å². The fourth-order valence-corrected chi connectivity index (χ4v) is 4.08. The minimum Gasteiger partial charge on any atom is -0.388 e. The van der Waals surface area contributed by atoms with Crippen LogP contribution >= 0.6 is 0 Å². The monoisotopic (exact) mass is 405 g/mol. The zero-order valence-corrected chi connectivity index (χ0v) is 17.0. The number of fused-ring (bicyclic) bond motifs is 1. The molecule has 1 N–H and O–H groups in total. The SMILES string of the molecule is O=C(NCCCc1ccccc1)N(c1nc2ccccc2c(=O)o1)C1CCCCC1. The Bertz CT molecular complexity index is 1040. The molecule has 0 spiro atoms. The lowest BCUT2D eigenvalue weighted by molar-refractivity contribution is 0.238. The largest absolute Gasteiger partial charge is 0.388 e. The van der Waals surface area contributed by atoms with Gasteiger partial charge in [0, 0.05) is 12.6 Å². The highest BCUT2D eigenvalue weighted by molar-refractivity contribution is 5.91. The van der Waals surface area contributed by atoms with Gasteiger partial charge in [0.15, 0.2) is 0 Å². The lowest BCUT2D eigenvalue weighted by Gasteiger charge is -2.32. The van der Waals surface area contributed by atoms with Gasteiger partial charge in [0.2, 0.25) is 0 Å². The molecule has 4 rings (SSSR count). The zero-order chi connectivity index (χ0) is 20.8. The van der Waals surface area contributed by atoms with Crippen LogP contribution in [0.4, 0.5) is 10.8 Å². The van der Waals surface area contributed by atoms with Crippen LogP contribution in [0.1, 0.15) is 44.1 Å². The molecule has 156 valence electrons. The molecule has 2 amide bonds. The Labute approximate surface area is 175 Å². The van der Waals surface area contributed by atoms with Gasteiger partial charge in [-0.05, 0) is 43.4 Å². The number of nitrogens with one attached hydrogen (secondary N) is 1. The van der Waals surface area contributed by atoms with Gasteiger partial charge in [0.1, 0.15) is 0 Å². The predicted octanol–water partition coefficient (Wildman–Crippen LogP) is 4.67. The molecule has 6 heteroatoms. The molecule has 6 nitrogen and oxygen atoms in total. The van der Waals surface area contributed by atoms with E-state index in [1.807, 2.05) is 24.3 Å². The van der Waals surface area contributed by atoms with Crippen LogP contribution in [0.5, 0.6) is 0 Å². The van der Waals surface area contributed by atoms with Crippen LogP contribution in [0.15, 0.2) is 63.8 Å². The van der Waals surface area contributed by atoms with E-state index in [1.54, 1.807) is 23.1 Å². The maximum atomic E-state index is 13.1. The molecule has 0 aliphatic heterocycles. The summed E-state index contributed by atoms with van der Waals surface area (Å²) in [4.78, 5) is 31.6. The highest BCUT2D eigenvalue weighted by Gasteiger charge is 2.30. The molecular formula is C24H27N3O3. The Morgan fingerprint density at radius 3 is 2.57 bits per heavy atom. The van der Waals surface area contributed by atoms with E-state index >= 15 is 0 Å². The minimum absolute atomic E-state index is 0.00955. The molecule has 1 aromatic heterocycles. The average Bonchev–Trinajstić information content (AvgIpc) is 2.78. The number of aryl methyl sites for hydroxylation is 1. The summed E-state index contributed by atoms with van der Waals surface area (Å²) in [5.41, 5.74) is 1.33. The van der Waals surface area contributed by atoms with Crippen molar-refractivity contribution in [3.63, 3.8) is 0 Å². The van der Waals surface area contributed by atoms with Gasteiger partial charge in [-0.2, -0.15) is 4.98 Å². The molecule has 2 aromatic carbocycles. The van der Waals surface area contributed by atoms with E-state index in [1.165, 1.54) is 5.56 Å². The van der Waals surface area contributed by atoms with Crippen molar-refractivity contribution < 1.29 is 9.21 Å². The first-order chi connectivity index (χ1) is 14.7. The molecule has 0 saturated heterocycles. The Balaban J connectivity index is 1.51. The van der Waals surface area contributed by atoms with E-state index in [0.29, 0.717) is 17.4 Å². The van der Waals surface area contributed by atoms with Crippen LogP contribution in [0, 0.1) is 0 Å². The number of anilines is 1. The van der Waals surface area contributed by atoms with Crippen molar-refractivity contribution in [1.29, 1.82) is 0 Å². The number of aromatic nitrogens is 1. The Kier molecular flexibility index (Phi) is 6.42. The number of hydrogen-bond donors (Lipinski definition) is 1. The molecule has 3 aromatic rings. The van der Waals surface area contributed by atoms with E-state index in [0.717, 1.165) is 44.9 Å². The summed E-state index contributed by atoms with van der Waals surface area (Å²) in [5.74, 6) is 0. The molecule has 1 heterocycles. The van der Waals surface area contributed by atoms with E-state index < -0.39 is 5.63 Å². The predicted molar refractivity (Wildman–Crippen MR) is 118 cm³/mol. The highest BCUT2D eigenvalue weighted by atomic mass is 16.4. The molecule has 0 bridgehead atoms. The normalized spacial score (nSPS) is 14.5. The summed E-state index contributed by atoms with van der Waals surface area (Å²) in [6, 6.07) is 17.1. The summed E-state index contributed by atoms with van der Waals surface area (Å²) >= 11 is 0. The summed E-state index contributed by atoms with van der Waals surface area (Å²) < 4.78 is 5.50. The molecule has 0 unspecified atom stereocenters. The summed E-state index contributed by atoms with van der Waals surface area (Å²) in [6.45, 7) is 0.550. The van der Waals surface area contributed by atoms with Gasteiger partial charge in [-0.1, -0.05) is 61.7 Å². The number of carbonyl (C=O) groups excluding carboxylic acids is 1. The van der Waals surface area contributed by atoms with Crippen LogP contribution in [0.3, 0.4) is 0 Å².